The topological polar surface area (TPSA) is 23.5 Å². The van der Waals surface area contributed by atoms with Crippen LogP contribution in [0.5, 0.6) is 0 Å². The second-order valence-electron chi connectivity index (χ2n) is 6.31. The van der Waals surface area contributed by atoms with Gasteiger partial charge in [-0.1, -0.05) is 33.8 Å². The Hall–Kier alpha value is -0.610. The molecule has 0 bridgehead atoms. The highest BCUT2D eigenvalue weighted by Crippen LogP contribution is 2.32. The molecule has 2 aromatic rings. The molecule has 1 N–H and O–H groups in total. The molecule has 1 aromatic heterocycles. The summed E-state index contributed by atoms with van der Waals surface area (Å²) in [6.45, 7) is 11.8. The van der Waals surface area contributed by atoms with Crippen LogP contribution >= 0.6 is 11.3 Å². The van der Waals surface area contributed by atoms with E-state index in [2.05, 4.69) is 56.2 Å². The zero-order valence-electron chi connectivity index (χ0n) is 13.3. The van der Waals surface area contributed by atoms with Crippen molar-refractivity contribution in [2.75, 3.05) is 19.7 Å². The van der Waals surface area contributed by atoms with Crippen molar-refractivity contribution in [3.63, 3.8) is 0 Å². The molecule has 0 aliphatic carbocycles. The first-order valence-corrected chi connectivity index (χ1v) is 8.17. The van der Waals surface area contributed by atoms with Gasteiger partial charge in [0.1, 0.15) is 0 Å². The van der Waals surface area contributed by atoms with Crippen LogP contribution in [0.25, 0.3) is 10.1 Å². The second kappa shape index (κ2) is 7.59. The molecule has 0 fully saturated rings. The smallest absolute Gasteiger partial charge is 0.0558 e. The van der Waals surface area contributed by atoms with Crippen molar-refractivity contribution in [1.29, 1.82) is 0 Å². The first kappa shape index (κ1) is 18.4. The van der Waals surface area contributed by atoms with Crippen molar-refractivity contribution in [2.45, 2.75) is 39.7 Å². The lowest BCUT2D eigenvalue weighted by Gasteiger charge is -2.20. The van der Waals surface area contributed by atoms with Crippen LogP contribution in [0.2, 0.25) is 0 Å². The Kier molecular flexibility index (Phi) is 6.67. The summed E-state index contributed by atoms with van der Waals surface area (Å²) < 4.78 is 1.35. The Bertz CT molecular complexity index is 574. The van der Waals surface area contributed by atoms with Gasteiger partial charge in [-0.2, -0.15) is 0 Å². The average Bonchev–Trinajstić information content (AvgIpc) is 2.79. The van der Waals surface area contributed by atoms with Gasteiger partial charge in [0.2, 0.25) is 0 Å². The molecule has 0 spiro atoms. The predicted molar refractivity (Wildman–Crippen MR) is 88.6 cm³/mol. The molecule has 1 heterocycles. The Morgan fingerprint density at radius 3 is 2.52 bits per heavy atom. The summed E-state index contributed by atoms with van der Waals surface area (Å²) >= 11 is 1.81. The zero-order valence-corrected chi connectivity index (χ0v) is 14.9. The lowest BCUT2D eigenvalue weighted by Crippen LogP contribution is -3.00. The average molecular weight is 327 g/mol. The van der Waals surface area contributed by atoms with Gasteiger partial charge >= 0.3 is 0 Å². The lowest BCUT2D eigenvalue weighted by molar-refractivity contribution is -0.00000570. The minimum absolute atomic E-state index is 0. The van der Waals surface area contributed by atoms with Crippen LogP contribution in [0.4, 0.5) is 0 Å². The van der Waals surface area contributed by atoms with E-state index in [0.717, 1.165) is 19.6 Å². The molecule has 0 aliphatic rings. The number of halogens is 1. The second-order valence-corrected chi connectivity index (χ2v) is 7.23. The quantitative estimate of drug-likeness (QED) is 0.886. The van der Waals surface area contributed by atoms with Crippen LogP contribution in [0.1, 0.15) is 38.8 Å². The van der Waals surface area contributed by atoms with E-state index in [-0.39, 0.29) is 24.4 Å². The van der Waals surface area contributed by atoms with Crippen molar-refractivity contribution in [3.8, 4) is 0 Å². The standard InChI is InChI=1S/C17H25NOS.ClH/c1-5-18(8-9-19)11-13-12-20-16-7-6-14(10-15(13)16)17(2,3)4;/h6-7,10,12,19H,5,8-9,11H2,1-4H3;1H/p-1. The van der Waals surface area contributed by atoms with Gasteiger partial charge in [-0.25, -0.2) is 0 Å². The van der Waals surface area contributed by atoms with E-state index in [0.29, 0.717) is 0 Å². The van der Waals surface area contributed by atoms with E-state index in [4.69, 9.17) is 5.11 Å². The fourth-order valence-electron chi connectivity index (χ4n) is 2.40. The normalized spacial score (nSPS) is 11.9. The maximum atomic E-state index is 9.12. The molecule has 4 heteroatoms. The number of thiophene rings is 1. The molecule has 0 saturated heterocycles. The molecule has 1 aromatic carbocycles. The largest absolute Gasteiger partial charge is 1.00 e. The molecule has 118 valence electrons. The van der Waals surface area contributed by atoms with Gasteiger partial charge in [0.15, 0.2) is 0 Å². The van der Waals surface area contributed by atoms with Gasteiger partial charge in [0.05, 0.1) is 6.61 Å². The number of benzene rings is 1. The number of nitrogens with zero attached hydrogens (tertiary/aromatic N) is 1. The van der Waals surface area contributed by atoms with E-state index >= 15 is 0 Å². The molecule has 0 amide bonds. The van der Waals surface area contributed by atoms with Crippen LogP contribution in [0.15, 0.2) is 23.6 Å². The molecule has 0 atom stereocenters. The third-order valence-corrected chi connectivity index (χ3v) is 4.79. The summed E-state index contributed by atoms with van der Waals surface area (Å²) in [7, 11) is 0. The highest BCUT2D eigenvalue weighted by atomic mass is 35.5. The van der Waals surface area contributed by atoms with Gasteiger partial charge in [-0.3, -0.25) is 4.90 Å². The number of rotatable bonds is 5. The Balaban J connectivity index is 0.00000220. The van der Waals surface area contributed by atoms with E-state index in [1.54, 1.807) is 0 Å². The molecule has 0 saturated carbocycles. The van der Waals surface area contributed by atoms with Crippen molar-refractivity contribution >= 4 is 21.4 Å². The fourth-order valence-corrected chi connectivity index (χ4v) is 3.34. The number of hydrogen-bond donors (Lipinski definition) is 1. The number of hydrogen-bond acceptors (Lipinski definition) is 3. The van der Waals surface area contributed by atoms with E-state index in [9.17, 15) is 0 Å². The Labute approximate surface area is 138 Å². The molecule has 2 nitrogen and oxygen atoms in total. The number of aliphatic hydroxyl groups excluding tert-OH is 1. The van der Waals surface area contributed by atoms with Gasteiger partial charge in [-0.05, 0) is 46.0 Å². The molecule has 2 rings (SSSR count). The van der Waals surface area contributed by atoms with Crippen molar-refractivity contribution < 1.29 is 17.5 Å². The first-order chi connectivity index (χ1) is 9.45. The van der Waals surface area contributed by atoms with Gasteiger partial charge in [0.25, 0.3) is 0 Å². The maximum absolute atomic E-state index is 9.12. The SMILES string of the molecule is CCN(CCO)Cc1csc2ccc(C(C)(C)C)cc12.[Cl-]. The van der Waals surface area contributed by atoms with E-state index in [1.807, 2.05) is 11.3 Å². The van der Waals surface area contributed by atoms with Gasteiger partial charge in [0, 0.05) is 17.8 Å². The van der Waals surface area contributed by atoms with Crippen LogP contribution in [0, 0.1) is 0 Å². The van der Waals surface area contributed by atoms with Crippen molar-refractivity contribution in [2.24, 2.45) is 0 Å². The van der Waals surface area contributed by atoms with E-state index in [1.165, 1.54) is 21.2 Å². The highest BCUT2D eigenvalue weighted by Gasteiger charge is 2.16. The zero-order chi connectivity index (χ0) is 14.8. The molecule has 21 heavy (non-hydrogen) atoms. The summed E-state index contributed by atoms with van der Waals surface area (Å²) in [6, 6.07) is 6.83. The van der Waals surface area contributed by atoms with Crippen LogP contribution in [0.3, 0.4) is 0 Å². The molecular formula is C17H25ClNOS-. The maximum Gasteiger partial charge on any atom is 0.0558 e. The van der Waals surface area contributed by atoms with Crippen LogP contribution < -0.4 is 12.4 Å². The molecule has 0 aliphatic heterocycles. The van der Waals surface area contributed by atoms with Crippen molar-refractivity contribution in [3.05, 3.63) is 34.7 Å². The molecule has 0 unspecified atom stereocenters. The van der Waals surface area contributed by atoms with E-state index < -0.39 is 0 Å². The highest BCUT2D eigenvalue weighted by molar-refractivity contribution is 7.17. The van der Waals surface area contributed by atoms with Gasteiger partial charge < -0.3 is 17.5 Å². The lowest BCUT2D eigenvalue weighted by atomic mass is 9.86. The summed E-state index contributed by atoms with van der Waals surface area (Å²) in [4.78, 5) is 2.28. The number of fused-ring (bicyclic) bond motifs is 1. The Morgan fingerprint density at radius 2 is 1.95 bits per heavy atom. The van der Waals surface area contributed by atoms with Gasteiger partial charge in [-0.15, -0.1) is 11.3 Å². The summed E-state index contributed by atoms with van der Waals surface area (Å²) in [5, 5.41) is 12.8. The van der Waals surface area contributed by atoms with Crippen molar-refractivity contribution in [1.82, 2.24) is 4.90 Å². The number of aliphatic hydroxyl groups is 1. The monoisotopic (exact) mass is 326 g/mol. The summed E-state index contributed by atoms with van der Waals surface area (Å²) in [6.07, 6.45) is 0. The fraction of sp³-hybridized carbons (Fsp3) is 0.529. The third kappa shape index (κ3) is 4.43. The number of likely N-dealkylation sites (N-methyl/N-ethyl adjacent to an activating group) is 1. The minimum Gasteiger partial charge on any atom is -1.00 e. The first-order valence-electron chi connectivity index (χ1n) is 7.29. The molecular weight excluding hydrogens is 302 g/mol. The Morgan fingerprint density at radius 1 is 1.24 bits per heavy atom. The predicted octanol–water partition coefficient (Wildman–Crippen LogP) is 1.02. The van der Waals surface area contributed by atoms with Crippen LogP contribution in [-0.2, 0) is 12.0 Å². The summed E-state index contributed by atoms with van der Waals surface area (Å²) in [5.74, 6) is 0. The third-order valence-electron chi connectivity index (χ3n) is 3.78. The minimum atomic E-state index is 0. The summed E-state index contributed by atoms with van der Waals surface area (Å²) in [5.41, 5.74) is 2.95. The van der Waals surface area contributed by atoms with Crippen LogP contribution in [-0.4, -0.2) is 29.7 Å². The molecule has 0 radical (unpaired) electrons.